The van der Waals surface area contributed by atoms with Crippen LogP contribution in [0.15, 0.2) is 30.5 Å². The topological polar surface area (TPSA) is 30.7 Å². The van der Waals surface area contributed by atoms with Gasteiger partial charge in [-0.25, -0.2) is 4.68 Å². The predicted octanol–water partition coefficient (Wildman–Crippen LogP) is 3.27. The molecule has 0 saturated heterocycles. The molecule has 84 valence electrons. The Morgan fingerprint density at radius 3 is 2.81 bits per heavy atom. The van der Waals surface area contributed by atoms with E-state index in [-0.39, 0.29) is 5.38 Å². The molecule has 1 unspecified atom stereocenters. The van der Waals surface area contributed by atoms with Crippen LogP contribution < -0.4 is 0 Å². The lowest BCUT2D eigenvalue weighted by Crippen LogP contribution is -1.97. The van der Waals surface area contributed by atoms with Crippen molar-refractivity contribution < 1.29 is 0 Å². The largest absolute Gasteiger partial charge is 0.220 e. The highest BCUT2D eigenvalue weighted by atomic mass is 35.5. The molecule has 1 heterocycles. The van der Waals surface area contributed by atoms with Crippen molar-refractivity contribution in [2.75, 3.05) is 0 Å². The molecule has 0 amide bonds. The standard InChI is InChI=1S/C12H14ClN3/c1-3-10(13)11-8-16(15-14-11)12-7-5-4-6-9(12)2/h4-8,10H,3H2,1-2H3. The monoisotopic (exact) mass is 235 g/mol. The van der Waals surface area contributed by atoms with Gasteiger partial charge < -0.3 is 0 Å². The fraction of sp³-hybridized carbons (Fsp3) is 0.333. The van der Waals surface area contributed by atoms with E-state index in [1.165, 1.54) is 5.56 Å². The van der Waals surface area contributed by atoms with Crippen LogP contribution in [0.2, 0.25) is 0 Å². The summed E-state index contributed by atoms with van der Waals surface area (Å²) >= 11 is 6.12. The highest BCUT2D eigenvalue weighted by Gasteiger charge is 2.11. The molecule has 0 aliphatic heterocycles. The average Bonchev–Trinajstić information content (AvgIpc) is 2.78. The SMILES string of the molecule is CCC(Cl)c1cn(-c2ccccc2C)nn1. The third-order valence-electron chi connectivity index (χ3n) is 2.55. The van der Waals surface area contributed by atoms with Crippen molar-refractivity contribution in [3.8, 4) is 5.69 Å². The maximum absolute atomic E-state index is 6.12. The second-order valence-electron chi connectivity index (χ2n) is 3.75. The molecule has 2 aromatic rings. The van der Waals surface area contributed by atoms with E-state index >= 15 is 0 Å². The maximum Gasteiger partial charge on any atom is 0.101 e. The Labute approximate surface area is 100 Å². The normalized spacial score (nSPS) is 12.7. The molecule has 4 heteroatoms. The number of para-hydroxylation sites is 1. The smallest absolute Gasteiger partial charge is 0.101 e. The molecule has 0 radical (unpaired) electrons. The number of hydrogen-bond acceptors (Lipinski definition) is 2. The van der Waals surface area contributed by atoms with Gasteiger partial charge >= 0.3 is 0 Å². The van der Waals surface area contributed by atoms with Gasteiger partial charge in [-0.05, 0) is 25.0 Å². The van der Waals surface area contributed by atoms with Crippen LogP contribution in [-0.2, 0) is 0 Å². The molecular weight excluding hydrogens is 222 g/mol. The van der Waals surface area contributed by atoms with E-state index < -0.39 is 0 Å². The number of alkyl halides is 1. The summed E-state index contributed by atoms with van der Waals surface area (Å²) in [4.78, 5) is 0. The highest BCUT2D eigenvalue weighted by molar-refractivity contribution is 6.20. The van der Waals surface area contributed by atoms with Crippen LogP contribution in [0.25, 0.3) is 5.69 Å². The van der Waals surface area contributed by atoms with Gasteiger partial charge in [0.2, 0.25) is 0 Å². The Kier molecular flexibility index (Phi) is 3.25. The van der Waals surface area contributed by atoms with Gasteiger partial charge in [-0.2, -0.15) is 0 Å². The lowest BCUT2D eigenvalue weighted by molar-refractivity contribution is 0.783. The van der Waals surface area contributed by atoms with Gasteiger partial charge in [-0.1, -0.05) is 30.3 Å². The fourth-order valence-electron chi connectivity index (χ4n) is 1.57. The minimum Gasteiger partial charge on any atom is -0.220 e. The number of benzene rings is 1. The molecule has 1 aromatic carbocycles. The van der Waals surface area contributed by atoms with Crippen molar-refractivity contribution in [2.24, 2.45) is 0 Å². The molecule has 3 nitrogen and oxygen atoms in total. The van der Waals surface area contributed by atoms with Crippen LogP contribution >= 0.6 is 11.6 Å². The third-order valence-corrected chi connectivity index (χ3v) is 3.08. The van der Waals surface area contributed by atoms with Crippen LogP contribution in [0.4, 0.5) is 0 Å². The van der Waals surface area contributed by atoms with E-state index in [0.29, 0.717) is 0 Å². The number of aryl methyl sites for hydroxylation is 1. The molecule has 0 aliphatic rings. The summed E-state index contributed by atoms with van der Waals surface area (Å²) in [6, 6.07) is 8.06. The predicted molar refractivity (Wildman–Crippen MR) is 65.0 cm³/mol. The summed E-state index contributed by atoms with van der Waals surface area (Å²) in [5.74, 6) is 0. The average molecular weight is 236 g/mol. The zero-order chi connectivity index (χ0) is 11.5. The van der Waals surface area contributed by atoms with Crippen molar-refractivity contribution >= 4 is 11.6 Å². The maximum atomic E-state index is 6.12. The Bertz CT molecular complexity index is 479. The summed E-state index contributed by atoms with van der Waals surface area (Å²) in [7, 11) is 0. The van der Waals surface area contributed by atoms with Crippen LogP contribution in [0.3, 0.4) is 0 Å². The summed E-state index contributed by atoms with van der Waals surface area (Å²) < 4.78 is 1.77. The number of nitrogens with zero attached hydrogens (tertiary/aromatic N) is 3. The van der Waals surface area contributed by atoms with Gasteiger partial charge in [0.05, 0.1) is 17.3 Å². The molecule has 0 saturated carbocycles. The molecule has 16 heavy (non-hydrogen) atoms. The molecule has 0 aliphatic carbocycles. The van der Waals surface area contributed by atoms with Crippen molar-refractivity contribution in [3.05, 3.63) is 41.7 Å². The van der Waals surface area contributed by atoms with Gasteiger partial charge in [0.15, 0.2) is 0 Å². The minimum atomic E-state index is -0.0576. The van der Waals surface area contributed by atoms with E-state index in [9.17, 15) is 0 Å². The van der Waals surface area contributed by atoms with Crippen LogP contribution in [0.1, 0.15) is 30.0 Å². The molecule has 0 N–H and O–H groups in total. The second-order valence-corrected chi connectivity index (χ2v) is 4.28. The van der Waals surface area contributed by atoms with Crippen LogP contribution in [0, 0.1) is 6.92 Å². The summed E-state index contributed by atoms with van der Waals surface area (Å²) in [5.41, 5.74) is 3.04. The Hall–Kier alpha value is -1.35. The molecule has 0 spiro atoms. The minimum absolute atomic E-state index is 0.0576. The van der Waals surface area contributed by atoms with Gasteiger partial charge in [-0.15, -0.1) is 16.7 Å². The van der Waals surface area contributed by atoms with E-state index in [1.807, 2.05) is 31.3 Å². The lowest BCUT2D eigenvalue weighted by Gasteiger charge is -2.03. The van der Waals surface area contributed by atoms with E-state index in [2.05, 4.69) is 23.3 Å². The Morgan fingerprint density at radius 2 is 2.12 bits per heavy atom. The van der Waals surface area contributed by atoms with Crippen molar-refractivity contribution in [2.45, 2.75) is 25.6 Å². The van der Waals surface area contributed by atoms with Gasteiger partial charge in [0.1, 0.15) is 5.69 Å². The van der Waals surface area contributed by atoms with Gasteiger partial charge in [-0.3, -0.25) is 0 Å². The zero-order valence-electron chi connectivity index (χ0n) is 9.39. The molecule has 0 bridgehead atoms. The summed E-state index contributed by atoms with van der Waals surface area (Å²) in [5, 5.41) is 8.13. The first-order valence-electron chi connectivity index (χ1n) is 5.34. The molecule has 1 aromatic heterocycles. The third kappa shape index (κ3) is 2.09. The van der Waals surface area contributed by atoms with Crippen LogP contribution in [-0.4, -0.2) is 15.0 Å². The molecule has 2 rings (SSSR count). The van der Waals surface area contributed by atoms with Gasteiger partial charge in [0.25, 0.3) is 0 Å². The first kappa shape index (κ1) is 11.1. The van der Waals surface area contributed by atoms with Crippen molar-refractivity contribution in [1.82, 2.24) is 15.0 Å². The Balaban J connectivity index is 2.35. The molecular formula is C12H14ClN3. The lowest BCUT2D eigenvalue weighted by atomic mass is 10.2. The van der Waals surface area contributed by atoms with E-state index in [0.717, 1.165) is 17.8 Å². The molecule has 0 fully saturated rings. The zero-order valence-corrected chi connectivity index (χ0v) is 10.1. The molecule has 1 atom stereocenters. The van der Waals surface area contributed by atoms with Crippen LogP contribution in [0.5, 0.6) is 0 Å². The van der Waals surface area contributed by atoms with Crippen molar-refractivity contribution in [3.63, 3.8) is 0 Å². The van der Waals surface area contributed by atoms with E-state index in [1.54, 1.807) is 4.68 Å². The number of aromatic nitrogens is 3. The fourth-order valence-corrected chi connectivity index (χ4v) is 1.67. The number of hydrogen-bond donors (Lipinski definition) is 0. The number of rotatable bonds is 3. The highest BCUT2D eigenvalue weighted by Crippen LogP contribution is 2.22. The first-order chi connectivity index (χ1) is 7.72. The van der Waals surface area contributed by atoms with Gasteiger partial charge in [0, 0.05) is 0 Å². The quantitative estimate of drug-likeness (QED) is 0.765. The van der Waals surface area contributed by atoms with Crippen molar-refractivity contribution in [1.29, 1.82) is 0 Å². The second kappa shape index (κ2) is 4.66. The summed E-state index contributed by atoms with van der Waals surface area (Å²) in [6.45, 7) is 4.08. The Morgan fingerprint density at radius 1 is 1.38 bits per heavy atom. The van der Waals surface area contributed by atoms with E-state index in [4.69, 9.17) is 11.6 Å². The first-order valence-corrected chi connectivity index (χ1v) is 5.78. The number of halogens is 1. The summed E-state index contributed by atoms with van der Waals surface area (Å²) in [6.07, 6.45) is 2.75.